The molecule has 0 aromatic heterocycles. The van der Waals surface area contributed by atoms with Crippen LogP contribution in [0.25, 0.3) is 0 Å². The summed E-state index contributed by atoms with van der Waals surface area (Å²) in [6, 6.07) is 5.07. The van der Waals surface area contributed by atoms with Crippen LogP contribution in [0.3, 0.4) is 0 Å². The van der Waals surface area contributed by atoms with Crippen LogP contribution in [-0.4, -0.2) is 31.3 Å². The van der Waals surface area contributed by atoms with Crippen LogP contribution in [-0.2, 0) is 11.3 Å². The monoisotopic (exact) mass is 224 g/mol. The molecule has 0 heterocycles. The summed E-state index contributed by atoms with van der Waals surface area (Å²) in [5.41, 5.74) is 7.39. The molecule has 0 atom stereocenters. The third-order valence-electron chi connectivity index (χ3n) is 2.08. The fourth-order valence-electron chi connectivity index (χ4n) is 1.35. The zero-order valence-corrected chi connectivity index (χ0v) is 9.19. The number of anilines is 1. The Morgan fingerprint density at radius 3 is 2.94 bits per heavy atom. The number of hydrogen-bond donors (Lipinski definition) is 3. The fourth-order valence-corrected chi connectivity index (χ4v) is 1.35. The SMILES string of the molecule is COCc1ccc(N)cc1C(=O)NCCO. The van der Waals surface area contributed by atoms with Crippen molar-refractivity contribution in [2.24, 2.45) is 0 Å². The van der Waals surface area contributed by atoms with E-state index in [2.05, 4.69) is 5.32 Å². The molecule has 0 unspecified atom stereocenters. The molecule has 5 nitrogen and oxygen atoms in total. The van der Waals surface area contributed by atoms with Crippen molar-refractivity contribution in [3.63, 3.8) is 0 Å². The molecule has 1 rings (SSSR count). The third kappa shape index (κ3) is 3.22. The second-order valence-corrected chi connectivity index (χ2v) is 3.33. The number of carbonyl (C=O) groups is 1. The maximum Gasteiger partial charge on any atom is 0.251 e. The van der Waals surface area contributed by atoms with E-state index in [4.69, 9.17) is 15.6 Å². The summed E-state index contributed by atoms with van der Waals surface area (Å²) in [7, 11) is 1.56. The first-order valence-electron chi connectivity index (χ1n) is 4.95. The number of nitrogens with one attached hydrogen (secondary N) is 1. The predicted molar refractivity (Wildman–Crippen MR) is 61.0 cm³/mol. The molecule has 0 bridgehead atoms. The minimum Gasteiger partial charge on any atom is -0.399 e. The molecule has 88 valence electrons. The number of hydrogen-bond acceptors (Lipinski definition) is 4. The van der Waals surface area contributed by atoms with E-state index in [9.17, 15) is 4.79 Å². The van der Waals surface area contributed by atoms with E-state index in [1.54, 1.807) is 25.3 Å². The first-order valence-corrected chi connectivity index (χ1v) is 4.95. The number of rotatable bonds is 5. The summed E-state index contributed by atoms with van der Waals surface area (Å²) in [5.74, 6) is -0.256. The Balaban J connectivity index is 2.90. The Morgan fingerprint density at radius 1 is 1.56 bits per heavy atom. The fraction of sp³-hybridized carbons (Fsp3) is 0.364. The van der Waals surface area contributed by atoms with Gasteiger partial charge in [0.05, 0.1) is 13.2 Å². The van der Waals surface area contributed by atoms with Gasteiger partial charge in [-0.3, -0.25) is 4.79 Å². The molecule has 5 heteroatoms. The second kappa shape index (κ2) is 6.09. The van der Waals surface area contributed by atoms with Crippen molar-refractivity contribution < 1.29 is 14.6 Å². The smallest absolute Gasteiger partial charge is 0.251 e. The lowest BCUT2D eigenvalue weighted by Gasteiger charge is -2.09. The lowest BCUT2D eigenvalue weighted by atomic mass is 10.1. The summed E-state index contributed by atoms with van der Waals surface area (Å²) in [6.07, 6.45) is 0. The normalized spacial score (nSPS) is 10.1. The molecule has 0 saturated carbocycles. The van der Waals surface area contributed by atoms with Crippen molar-refractivity contribution in [1.29, 1.82) is 0 Å². The largest absolute Gasteiger partial charge is 0.399 e. The van der Waals surface area contributed by atoms with Gasteiger partial charge < -0.3 is 20.9 Å². The average molecular weight is 224 g/mol. The van der Waals surface area contributed by atoms with Crippen LogP contribution < -0.4 is 11.1 Å². The molecule has 0 aliphatic heterocycles. The maximum atomic E-state index is 11.7. The van der Waals surface area contributed by atoms with E-state index in [0.717, 1.165) is 5.56 Å². The highest BCUT2D eigenvalue weighted by Crippen LogP contribution is 2.14. The summed E-state index contributed by atoms with van der Waals surface area (Å²) >= 11 is 0. The highest BCUT2D eigenvalue weighted by Gasteiger charge is 2.10. The molecule has 4 N–H and O–H groups in total. The van der Waals surface area contributed by atoms with Crippen LogP contribution in [0.15, 0.2) is 18.2 Å². The van der Waals surface area contributed by atoms with Crippen LogP contribution >= 0.6 is 0 Å². The summed E-state index contributed by atoms with van der Waals surface area (Å²) in [5, 5.41) is 11.2. The van der Waals surface area contributed by atoms with Gasteiger partial charge in [-0.2, -0.15) is 0 Å². The number of methoxy groups -OCH3 is 1. The third-order valence-corrected chi connectivity index (χ3v) is 2.08. The van der Waals surface area contributed by atoms with Gasteiger partial charge >= 0.3 is 0 Å². The van der Waals surface area contributed by atoms with Gasteiger partial charge in [-0.05, 0) is 17.7 Å². The van der Waals surface area contributed by atoms with E-state index >= 15 is 0 Å². The standard InChI is InChI=1S/C11H16N2O3/c1-16-7-8-2-3-9(12)6-10(8)11(15)13-4-5-14/h2-3,6,14H,4-5,7,12H2,1H3,(H,13,15). The molecule has 0 spiro atoms. The Labute approximate surface area is 94.2 Å². The van der Waals surface area contributed by atoms with Crippen LogP contribution in [0.4, 0.5) is 5.69 Å². The molecule has 1 aromatic carbocycles. The van der Waals surface area contributed by atoms with Gasteiger partial charge in [-0.15, -0.1) is 0 Å². The number of benzene rings is 1. The van der Waals surface area contributed by atoms with E-state index in [1.165, 1.54) is 0 Å². The molecule has 0 radical (unpaired) electrons. The van der Waals surface area contributed by atoms with Gasteiger partial charge in [0.25, 0.3) is 5.91 Å². The number of nitrogens with two attached hydrogens (primary N) is 1. The number of aliphatic hydroxyl groups excluding tert-OH is 1. The Hall–Kier alpha value is -1.59. The van der Waals surface area contributed by atoms with E-state index in [-0.39, 0.29) is 19.1 Å². The van der Waals surface area contributed by atoms with Gasteiger partial charge in [0.15, 0.2) is 0 Å². The van der Waals surface area contributed by atoms with Gasteiger partial charge in [0.1, 0.15) is 0 Å². The number of nitrogen functional groups attached to an aromatic ring is 1. The molecular weight excluding hydrogens is 208 g/mol. The van der Waals surface area contributed by atoms with Gasteiger partial charge in [-0.1, -0.05) is 6.07 Å². The molecule has 0 aliphatic rings. The van der Waals surface area contributed by atoms with Crippen LogP contribution in [0, 0.1) is 0 Å². The number of amides is 1. The zero-order chi connectivity index (χ0) is 12.0. The maximum absolute atomic E-state index is 11.7. The van der Waals surface area contributed by atoms with E-state index in [1.807, 2.05) is 0 Å². The summed E-state index contributed by atoms with van der Waals surface area (Å²) in [6.45, 7) is 0.482. The Kier molecular flexibility index (Phi) is 4.75. The Morgan fingerprint density at radius 2 is 2.31 bits per heavy atom. The molecule has 1 aromatic rings. The first kappa shape index (κ1) is 12.5. The number of carbonyl (C=O) groups excluding carboxylic acids is 1. The second-order valence-electron chi connectivity index (χ2n) is 3.33. The average Bonchev–Trinajstić information content (AvgIpc) is 2.28. The van der Waals surface area contributed by atoms with Crippen molar-refractivity contribution >= 4 is 11.6 Å². The molecule has 0 saturated heterocycles. The van der Waals surface area contributed by atoms with Crippen molar-refractivity contribution in [2.45, 2.75) is 6.61 Å². The quantitative estimate of drug-likeness (QED) is 0.621. The van der Waals surface area contributed by atoms with Crippen molar-refractivity contribution in [2.75, 3.05) is 26.0 Å². The van der Waals surface area contributed by atoms with Gasteiger partial charge in [0, 0.05) is 24.9 Å². The number of aliphatic hydroxyl groups is 1. The Bertz CT molecular complexity index is 366. The van der Waals surface area contributed by atoms with Crippen LogP contribution in [0.1, 0.15) is 15.9 Å². The molecule has 0 fully saturated rings. The minimum atomic E-state index is -0.256. The predicted octanol–water partition coefficient (Wildman–Crippen LogP) is 0.137. The van der Waals surface area contributed by atoms with Gasteiger partial charge in [0.2, 0.25) is 0 Å². The van der Waals surface area contributed by atoms with E-state index < -0.39 is 0 Å². The molecular formula is C11H16N2O3. The first-order chi connectivity index (χ1) is 7.69. The zero-order valence-electron chi connectivity index (χ0n) is 9.19. The molecule has 1 amide bonds. The van der Waals surface area contributed by atoms with Gasteiger partial charge in [-0.25, -0.2) is 0 Å². The summed E-state index contributed by atoms with van der Waals surface area (Å²) in [4.78, 5) is 11.7. The topological polar surface area (TPSA) is 84.6 Å². The molecule has 0 aliphatic carbocycles. The van der Waals surface area contributed by atoms with Crippen molar-refractivity contribution in [3.05, 3.63) is 29.3 Å². The summed E-state index contributed by atoms with van der Waals surface area (Å²) < 4.78 is 4.99. The van der Waals surface area contributed by atoms with Crippen LogP contribution in [0.2, 0.25) is 0 Å². The van der Waals surface area contributed by atoms with Crippen molar-refractivity contribution in [1.82, 2.24) is 5.32 Å². The lowest BCUT2D eigenvalue weighted by molar-refractivity contribution is 0.0940. The van der Waals surface area contributed by atoms with Crippen LogP contribution in [0.5, 0.6) is 0 Å². The highest BCUT2D eigenvalue weighted by atomic mass is 16.5. The molecule has 16 heavy (non-hydrogen) atoms. The van der Waals surface area contributed by atoms with Crippen molar-refractivity contribution in [3.8, 4) is 0 Å². The highest BCUT2D eigenvalue weighted by molar-refractivity contribution is 5.96. The minimum absolute atomic E-state index is 0.0896. The van der Waals surface area contributed by atoms with E-state index in [0.29, 0.717) is 17.9 Å². The number of ether oxygens (including phenoxy) is 1. The lowest BCUT2D eigenvalue weighted by Crippen LogP contribution is -2.27.